The predicted molar refractivity (Wildman–Crippen MR) is 88.3 cm³/mol. The Bertz CT molecular complexity index is 500. The van der Waals surface area contributed by atoms with Gasteiger partial charge in [-0.05, 0) is 25.5 Å². The van der Waals surface area contributed by atoms with Gasteiger partial charge in [0.2, 0.25) is 0 Å². The first-order chi connectivity index (χ1) is 10.1. The molecule has 0 amide bonds. The Labute approximate surface area is 129 Å². The highest BCUT2D eigenvalue weighted by molar-refractivity contribution is 8.00. The number of nitrogens with zero attached hydrogens (tertiary/aromatic N) is 2. The third-order valence-electron chi connectivity index (χ3n) is 3.87. The fourth-order valence-corrected chi connectivity index (χ4v) is 3.24. The second-order valence-electron chi connectivity index (χ2n) is 5.37. The summed E-state index contributed by atoms with van der Waals surface area (Å²) in [6.45, 7) is 3.60. The van der Waals surface area contributed by atoms with E-state index < -0.39 is 0 Å². The molecular weight excluding hydrogens is 288 g/mol. The number of thioether (sulfide) groups is 1. The van der Waals surface area contributed by atoms with Crippen molar-refractivity contribution in [3.8, 4) is 0 Å². The molecule has 1 saturated carbocycles. The van der Waals surface area contributed by atoms with E-state index in [1.807, 2.05) is 18.7 Å². The number of rotatable bonds is 8. The van der Waals surface area contributed by atoms with E-state index in [-0.39, 0.29) is 15.4 Å². The Kier molecular flexibility index (Phi) is 5.27. The van der Waals surface area contributed by atoms with Crippen LogP contribution in [0, 0.1) is 10.1 Å². The third kappa shape index (κ3) is 4.00. The lowest BCUT2D eigenvalue weighted by Gasteiger charge is -2.40. The summed E-state index contributed by atoms with van der Waals surface area (Å²) in [7, 11) is 0. The molecule has 7 heteroatoms. The monoisotopic (exact) mass is 310 g/mol. The minimum absolute atomic E-state index is 0.0675. The van der Waals surface area contributed by atoms with E-state index >= 15 is 0 Å². The molecule has 21 heavy (non-hydrogen) atoms. The minimum Gasteiger partial charge on any atom is -0.370 e. The zero-order valence-electron chi connectivity index (χ0n) is 12.5. The molecule has 2 rings (SSSR count). The van der Waals surface area contributed by atoms with Gasteiger partial charge in [-0.15, -0.1) is 0 Å². The van der Waals surface area contributed by atoms with Crippen LogP contribution < -0.4 is 10.6 Å². The van der Waals surface area contributed by atoms with Crippen LogP contribution in [-0.2, 0) is 0 Å². The molecule has 0 saturated heterocycles. The second-order valence-corrected chi connectivity index (χ2v) is 6.65. The molecular formula is C14H22N4O2S. The van der Waals surface area contributed by atoms with Gasteiger partial charge < -0.3 is 10.6 Å². The topological polar surface area (TPSA) is 80.1 Å². The van der Waals surface area contributed by atoms with E-state index in [9.17, 15) is 10.1 Å². The maximum Gasteiger partial charge on any atom is 0.276 e. The Morgan fingerprint density at radius 2 is 2.05 bits per heavy atom. The van der Waals surface area contributed by atoms with Gasteiger partial charge in [-0.2, -0.15) is 11.8 Å². The number of aromatic nitrogens is 1. The molecule has 0 aliphatic heterocycles. The summed E-state index contributed by atoms with van der Waals surface area (Å²) in [5.74, 6) is 1.13. The zero-order valence-corrected chi connectivity index (χ0v) is 13.3. The van der Waals surface area contributed by atoms with Crippen LogP contribution in [-0.4, -0.2) is 34.0 Å². The normalized spacial score (nSPS) is 16.1. The molecule has 0 bridgehead atoms. The molecule has 1 aromatic rings. The average molecular weight is 310 g/mol. The molecule has 1 heterocycles. The molecule has 1 aromatic heterocycles. The van der Waals surface area contributed by atoms with Crippen LogP contribution >= 0.6 is 11.8 Å². The summed E-state index contributed by atoms with van der Waals surface area (Å²) in [5, 5.41) is 17.4. The third-order valence-corrected chi connectivity index (χ3v) is 5.29. The number of anilines is 2. The molecule has 0 radical (unpaired) electrons. The quantitative estimate of drug-likeness (QED) is 0.565. The molecule has 0 unspecified atom stereocenters. The largest absolute Gasteiger partial charge is 0.370 e. The van der Waals surface area contributed by atoms with Gasteiger partial charge in [0.05, 0.1) is 17.1 Å². The Balaban J connectivity index is 2.09. The van der Waals surface area contributed by atoms with E-state index in [1.165, 1.54) is 31.4 Å². The predicted octanol–water partition coefficient (Wildman–Crippen LogP) is 3.51. The maximum atomic E-state index is 11.0. The van der Waals surface area contributed by atoms with Crippen LogP contribution in [0.1, 0.15) is 32.6 Å². The van der Waals surface area contributed by atoms with E-state index in [0.29, 0.717) is 11.6 Å². The summed E-state index contributed by atoms with van der Waals surface area (Å²) in [6, 6.07) is 2.98. The molecule has 0 atom stereocenters. The summed E-state index contributed by atoms with van der Waals surface area (Å²) < 4.78 is 0.267. The molecule has 1 fully saturated rings. The van der Waals surface area contributed by atoms with Crippen molar-refractivity contribution in [2.24, 2.45) is 0 Å². The highest BCUT2D eigenvalue weighted by Gasteiger charge is 2.35. The maximum absolute atomic E-state index is 11.0. The van der Waals surface area contributed by atoms with Crippen LogP contribution in [0.2, 0.25) is 0 Å². The van der Waals surface area contributed by atoms with E-state index in [4.69, 9.17) is 0 Å². The molecule has 1 aliphatic carbocycles. The van der Waals surface area contributed by atoms with Crippen molar-refractivity contribution in [3.05, 3.63) is 22.2 Å². The smallest absolute Gasteiger partial charge is 0.276 e. The van der Waals surface area contributed by atoms with Crippen LogP contribution in [0.5, 0.6) is 0 Å². The Hall–Kier alpha value is -1.50. The lowest BCUT2D eigenvalue weighted by molar-refractivity contribution is -0.384. The van der Waals surface area contributed by atoms with Crippen molar-refractivity contribution >= 4 is 29.1 Å². The van der Waals surface area contributed by atoms with Crippen LogP contribution in [0.4, 0.5) is 17.3 Å². The Morgan fingerprint density at radius 1 is 1.38 bits per heavy atom. The van der Waals surface area contributed by atoms with Crippen molar-refractivity contribution in [2.45, 2.75) is 37.4 Å². The van der Waals surface area contributed by atoms with Crippen molar-refractivity contribution < 1.29 is 4.92 Å². The number of nitrogens with one attached hydrogen (secondary N) is 2. The molecule has 0 aromatic carbocycles. The van der Waals surface area contributed by atoms with Gasteiger partial charge in [-0.25, -0.2) is 4.98 Å². The van der Waals surface area contributed by atoms with Gasteiger partial charge in [0.1, 0.15) is 11.6 Å². The molecule has 1 aliphatic rings. The lowest BCUT2D eigenvalue weighted by atomic mass is 9.84. The van der Waals surface area contributed by atoms with Gasteiger partial charge in [0, 0.05) is 17.8 Å². The summed E-state index contributed by atoms with van der Waals surface area (Å²) in [6.07, 6.45) is 6.71. The van der Waals surface area contributed by atoms with Gasteiger partial charge >= 0.3 is 0 Å². The van der Waals surface area contributed by atoms with Crippen LogP contribution in [0.25, 0.3) is 0 Å². The molecule has 6 nitrogen and oxygen atoms in total. The number of hydrogen-bond donors (Lipinski definition) is 2. The highest BCUT2D eigenvalue weighted by atomic mass is 32.2. The summed E-state index contributed by atoms with van der Waals surface area (Å²) >= 11 is 1.87. The Morgan fingerprint density at radius 3 is 2.52 bits per heavy atom. The highest BCUT2D eigenvalue weighted by Crippen LogP contribution is 2.42. The van der Waals surface area contributed by atoms with Gasteiger partial charge in [-0.1, -0.05) is 13.3 Å². The van der Waals surface area contributed by atoms with E-state index in [0.717, 1.165) is 19.5 Å². The number of nitro groups is 1. The number of pyridine rings is 1. The lowest BCUT2D eigenvalue weighted by Crippen LogP contribution is -2.40. The zero-order chi connectivity index (χ0) is 15.3. The summed E-state index contributed by atoms with van der Waals surface area (Å²) in [5.41, 5.74) is 0.0675. The second kappa shape index (κ2) is 6.98. The average Bonchev–Trinajstić information content (AvgIpc) is 2.44. The molecule has 0 spiro atoms. The summed E-state index contributed by atoms with van der Waals surface area (Å²) in [4.78, 5) is 15.1. The first-order valence-corrected chi connectivity index (χ1v) is 8.50. The van der Waals surface area contributed by atoms with Crippen LogP contribution in [0.15, 0.2) is 12.1 Å². The van der Waals surface area contributed by atoms with Crippen molar-refractivity contribution in [1.82, 2.24) is 4.98 Å². The molecule has 2 N–H and O–H groups in total. The fourth-order valence-electron chi connectivity index (χ4n) is 2.33. The van der Waals surface area contributed by atoms with Crippen molar-refractivity contribution in [3.63, 3.8) is 0 Å². The fraction of sp³-hybridized carbons (Fsp3) is 0.643. The first kappa shape index (κ1) is 15.9. The molecule has 116 valence electrons. The van der Waals surface area contributed by atoms with Crippen molar-refractivity contribution in [1.29, 1.82) is 0 Å². The minimum atomic E-state index is -0.377. The SMILES string of the molecule is CCCNc1cc([N+](=O)[O-])cc(NCC2(SC)CCC2)n1. The van der Waals surface area contributed by atoms with Gasteiger partial charge in [-0.3, -0.25) is 10.1 Å². The van der Waals surface area contributed by atoms with E-state index in [1.54, 1.807) is 0 Å². The number of hydrogen-bond acceptors (Lipinski definition) is 6. The van der Waals surface area contributed by atoms with Gasteiger partial charge in [0.15, 0.2) is 0 Å². The van der Waals surface area contributed by atoms with Gasteiger partial charge in [0.25, 0.3) is 5.69 Å². The first-order valence-electron chi connectivity index (χ1n) is 7.28. The van der Waals surface area contributed by atoms with E-state index in [2.05, 4.69) is 21.9 Å². The van der Waals surface area contributed by atoms with Crippen molar-refractivity contribution in [2.75, 3.05) is 30.0 Å². The van der Waals surface area contributed by atoms with Crippen LogP contribution in [0.3, 0.4) is 0 Å². The standard InChI is InChI=1S/C14H22N4O2S/c1-3-7-15-12-8-11(18(19)20)9-13(17-12)16-10-14(21-2)5-4-6-14/h8-9H,3-7,10H2,1-2H3,(H2,15,16,17).